The van der Waals surface area contributed by atoms with Crippen LogP contribution in [0.15, 0.2) is 40.4 Å². The molecule has 0 N–H and O–H groups in total. The maximum Gasteiger partial charge on any atom is 0.0794 e. The molecule has 1 aromatic carbocycles. The van der Waals surface area contributed by atoms with Crippen molar-refractivity contribution >= 4 is 33.0 Å². The minimum absolute atomic E-state index is 0.909. The van der Waals surface area contributed by atoms with E-state index in [2.05, 4.69) is 57.1 Å². The number of aromatic nitrogens is 1. The molecule has 2 aromatic rings. The predicted octanol–water partition coefficient (Wildman–Crippen LogP) is 3.54. The van der Waals surface area contributed by atoms with E-state index >= 15 is 0 Å². The Labute approximate surface area is 102 Å². The quantitative estimate of drug-likeness (QED) is 0.856. The van der Waals surface area contributed by atoms with E-state index in [4.69, 9.17) is 0 Å². The van der Waals surface area contributed by atoms with Crippen LogP contribution in [-0.4, -0.2) is 12.0 Å². The summed E-state index contributed by atoms with van der Waals surface area (Å²) in [5, 5.41) is 0. The molecule has 0 aliphatic carbocycles. The van der Waals surface area contributed by atoms with Crippen molar-refractivity contribution in [3.8, 4) is 0 Å². The van der Waals surface area contributed by atoms with Gasteiger partial charge in [0.15, 0.2) is 0 Å². The smallest absolute Gasteiger partial charge is 0.0794 e. The van der Waals surface area contributed by atoms with Crippen LogP contribution in [-0.2, 0) is 6.54 Å². The Morgan fingerprint density at radius 3 is 2.67 bits per heavy atom. The number of halogens is 1. The number of thiazole rings is 1. The molecule has 0 bridgehead atoms. The lowest BCUT2D eigenvalue weighted by atomic mass is 10.3. The number of benzene rings is 1. The fraction of sp³-hybridized carbons (Fsp3) is 0.182. The second-order valence-electron chi connectivity index (χ2n) is 3.30. The second-order valence-corrected chi connectivity index (χ2v) is 5.19. The van der Waals surface area contributed by atoms with Crippen LogP contribution in [0.4, 0.5) is 5.69 Å². The molecule has 4 heteroatoms. The maximum absolute atomic E-state index is 4.07. The molecule has 0 radical (unpaired) electrons. The van der Waals surface area contributed by atoms with Gasteiger partial charge in [-0.3, -0.25) is 4.98 Å². The summed E-state index contributed by atoms with van der Waals surface area (Å²) in [4.78, 5) is 7.55. The predicted molar refractivity (Wildman–Crippen MR) is 68.4 cm³/mol. The first-order valence-electron chi connectivity index (χ1n) is 4.60. The van der Waals surface area contributed by atoms with Crippen molar-refractivity contribution in [2.24, 2.45) is 0 Å². The topological polar surface area (TPSA) is 16.1 Å². The number of rotatable bonds is 3. The largest absolute Gasteiger partial charge is 0.369 e. The van der Waals surface area contributed by atoms with Crippen LogP contribution in [0.25, 0.3) is 0 Å². The molecule has 1 heterocycles. The van der Waals surface area contributed by atoms with Gasteiger partial charge in [0.2, 0.25) is 0 Å². The van der Waals surface area contributed by atoms with Crippen LogP contribution >= 0.6 is 27.3 Å². The molecule has 2 rings (SSSR count). The number of hydrogen-bond donors (Lipinski definition) is 0. The standard InChI is InChI=1S/C11H11BrN2S/c1-14(7-11-6-13-8-15-11)10-4-2-9(12)3-5-10/h2-6,8H,7H2,1H3. The highest BCUT2D eigenvalue weighted by atomic mass is 79.9. The van der Waals surface area contributed by atoms with E-state index in [0.29, 0.717) is 0 Å². The van der Waals surface area contributed by atoms with Gasteiger partial charge in [-0.05, 0) is 24.3 Å². The lowest BCUT2D eigenvalue weighted by Crippen LogP contribution is -2.15. The van der Waals surface area contributed by atoms with Crippen LogP contribution < -0.4 is 4.90 Å². The molecule has 0 atom stereocenters. The number of nitrogens with zero attached hydrogens (tertiary/aromatic N) is 2. The van der Waals surface area contributed by atoms with Crippen molar-refractivity contribution in [1.82, 2.24) is 4.98 Å². The van der Waals surface area contributed by atoms with Crippen molar-refractivity contribution in [1.29, 1.82) is 0 Å². The fourth-order valence-corrected chi connectivity index (χ4v) is 2.25. The summed E-state index contributed by atoms with van der Waals surface area (Å²) < 4.78 is 1.11. The van der Waals surface area contributed by atoms with Gasteiger partial charge >= 0.3 is 0 Å². The first-order valence-corrected chi connectivity index (χ1v) is 6.27. The SMILES string of the molecule is CN(Cc1cncs1)c1ccc(Br)cc1. The monoisotopic (exact) mass is 282 g/mol. The van der Waals surface area contributed by atoms with Crippen molar-refractivity contribution in [3.63, 3.8) is 0 Å². The summed E-state index contributed by atoms with van der Waals surface area (Å²) in [6.07, 6.45) is 1.92. The van der Waals surface area contributed by atoms with Crippen LogP contribution in [0.2, 0.25) is 0 Å². The Morgan fingerprint density at radius 1 is 1.33 bits per heavy atom. The van der Waals surface area contributed by atoms with Gasteiger partial charge in [0.05, 0.1) is 12.1 Å². The first-order chi connectivity index (χ1) is 7.25. The van der Waals surface area contributed by atoms with Gasteiger partial charge in [-0.15, -0.1) is 11.3 Å². The average Bonchev–Trinajstić information content (AvgIpc) is 2.71. The highest BCUT2D eigenvalue weighted by Gasteiger charge is 2.02. The van der Waals surface area contributed by atoms with Gasteiger partial charge in [-0.2, -0.15) is 0 Å². The molecule has 0 aliphatic rings. The minimum atomic E-state index is 0.909. The van der Waals surface area contributed by atoms with E-state index in [9.17, 15) is 0 Å². The lowest BCUT2D eigenvalue weighted by molar-refractivity contribution is 0.937. The van der Waals surface area contributed by atoms with Crippen molar-refractivity contribution < 1.29 is 0 Å². The third-order valence-electron chi connectivity index (χ3n) is 2.14. The Bertz CT molecular complexity index is 411. The van der Waals surface area contributed by atoms with Crippen molar-refractivity contribution in [2.45, 2.75) is 6.54 Å². The Morgan fingerprint density at radius 2 is 2.07 bits per heavy atom. The maximum atomic E-state index is 4.07. The molecular weight excluding hydrogens is 272 g/mol. The van der Waals surface area contributed by atoms with Gasteiger partial charge in [0.1, 0.15) is 0 Å². The van der Waals surface area contributed by atoms with Gasteiger partial charge in [-0.1, -0.05) is 15.9 Å². The summed E-state index contributed by atoms with van der Waals surface area (Å²) >= 11 is 5.12. The molecule has 0 spiro atoms. The molecule has 15 heavy (non-hydrogen) atoms. The van der Waals surface area contributed by atoms with Gasteiger partial charge < -0.3 is 4.90 Å². The number of anilines is 1. The van der Waals surface area contributed by atoms with E-state index in [-0.39, 0.29) is 0 Å². The molecule has 0 fully saturated rings. The van der Waals surface area contributed by atoms with Gasteiger partial charge in [0.25, 0.3) is 0 Å². The molecule has 0 unspecified atom stereocenters. The van der Waals surface area contributed by atoms with Crippen LogP contribution in [0, 0.1) is 0 Å². The Balaban J connectivity index is 2.08. The Hall–Kier alpha value is -0.870. The van der Waals surface area contributed by atoms with Gasteiger partial charge in [-0.25, -0.2) is 0 Å². The van der Waals surface area contributed by atoms with E-state index in [0.717, 1.165) is 11.0 Å². The first kappa shape index (κ1) is 10.6. The molecule has 0 aliphatic heterocycles. The third kappa shape index (κ3) is 2.79. The summed E-state index contributed by atoms with van der Waals surface area (Å²) in [5.41, 5.74) is 3.08. The molecule has 0 amide bonds. The zero-order valence-electron chi connectivity index (χ0n) is 8.35. The zero-order valence-corrected chi connectivity index (χ0v) is 10.8. The minimum Gasteiger partial charge on any atom is -0.369 e. The third-order valence-corrected chi connectivity index (χ3v) is 3.44. The Kier molecular flexibility index (Phi) is 3.38. The summed E-state index contributed by atoms with van der Waals surface area (Å²) in [6, 6.07) is 8.31. The molecule has 0 saturated heterocycles. The van der Waals surface area contributed by atoms with E-state index in [1.54, 1.807) is 11.3 Å². The van der Waals surface area contributed by atoms with Crippen LogP contribution in [0.5, 0.6) is 0 Å². The second kappa shape index (κ2) is 4.77. The average molecular weight is 283 g/mol. The molecule has 78 valence electrons. The number of hydrogen-bond acceptors (Lipinski definition) is 3. The normalized spacial score (nSPS) is 10.3. The van der Waals surface area contributed by atoms with Crippen molar-refractivity contribution in [3.05, 3.63) is 45.3 Å². The molecular formula is C11H11BrN2S. The fourth-order valence-electron chi connectivity index (χ4n) is 1.34. The molecule has 1 aromatic heterocycles. The molecule has 2 nitrogen and oxygen atoms in total. The summed E-state index contributed by atoms with van der Waals surface area (Å²) in [5.74, 6) is 0. The molecule has 0 saturated carbocycles. The zero-order chi connectivity index (χ0) is 10.7. The van der Waals surface area contributed by atoms with Gasteiger partial charge in [0, 0.05) is 28.3 Å². The van der Waals surface area contributed by atoms with Crippen LogP contribution in [0.3, 0.4) is 0 Å². The lowest BCUT2D eigenvalue weighted by Gasteiger charge is -2.18. The van der Waals surface area contributed by atoms with Crippen LogP contribution in [0.1, 0.15) is 4.88 Å². The summed E-state index contributed by atoms with van der Waals surface area (Å²) in [7, 11) is 2.09. The van der Waals surface area contributed by atoms with E-state index in [1.807, 2.05) is 11.7 Å². The van der Waals surface area contributed by atoms with E-state index < -0.39 is 0 Å². The highest BCUT2D eigenvalue weighted by Crippen LogP contribution is 2.19. The van der Waals surface area contributed by atoms with E-state index in [1.165, 1.54) is 10.6 Å². The summed E-state index contributed by atoms with van der Waals surface area (Å²) in [6.45, 7) is 0.909. The highest BCUT2D eigenvalue weighted by molar-refractivity contribution is 9.10. The van der Waals surface area contributed by atoms with Crippen molar-refractivity contribution in [2.75, 3.05) is 11.9 Å².